The lowest BCUT2D eigenvalue weighted by Crippen LogP contribution is -2.44. The Labute approximate surface area is 150 Å². The summed E-state index contributed by atoms with van der Waals surface area (Å²) in [5.41, 5.74) is -0.529. The molecule has 1 fully saturated rings. The van der Waals surface area contributed by atoms with E-state index in [9.17, 15) is 19.5 Å². The molecule has 0 saturated carbocycles. The van der Waals surface area contributed by atoms with Gasteiger partial charge in [-0.2, -0.15) is 0 Å². The summed E-state index contributed by atoms with van der Waals surface area (Å²) in [5.74, 6) is -2.25. The van der Waals surface area contributed by atoms with Gasteiger partial charge in [-0.1, -0.05) is 0 Å². The van der Waals surface area contributed by atoms with Crippen LogP contribution in [0, 0.1) is 11.8 Å². The number of hydrogen-bond acceptors (Lipinski definition) is 4. The predicted molar refractivity (Wildman–Crippen MR) is 94.2 cm³/mol. The van der Waals surface area contributed by atoms with Gasteiger partial charge in [-0.15, -0.1) is 0 Å². The van der Waals surface area contributed by atoms with Crippen LogP contribution in [0.5, 0.6) is 0 Å². The van der Waals surface area contributed by atoms with E-state index in [4.69, 9.17) is 4.74 Å². The highest BCUT2D eigenvalue weighted by atomic mass is 16.6. The van der Waals surface area contributed by atoms with Gasteiger partial charge in [0.15, 0.2) is 0 Å². The quantitative estimate of drug-likeness (QED) is 0.739. The second-order valence-corrected chi connectivity index (χ2v) is 7.55. The third kappa shape index (κ3) is 6.55. The maximum atomic E-state index is 12.4. The zero-order valence-corrected chi connectivity index (χ0v) is 16.1. The number of carboxylic acid groups (broad SMARTS) is 1. The molecule has 0 spiro atoms. The summed E-state index contributed by atoms with van der Waals surface area (Å²) in [5, 5.41) is 9.45. The highest BCUT2D eigenvalue weighted by Gasteiger charge is 2.34. The molecule has 1 rings (SSSR count). The highest BCUT2D eigenvalue weighted by Crippen LogP contribution is 2.26. The standard InChI is InChI=1S/C18H32N2O5/c1-6-19(7-2)15(21)14(16(22)23)12-13-8-10-20(11-9-13)17(24)25-18(3,4)5/h13-14H,6-12H2,1-5H3,(H,22,23). The highest BCUT2D eigenvalue weighted by molar-refractivity contribution is 5.96. The fraction of sp³-hybridized carbons (Fsp3) is 0.833. The topological polar surface area (TPSA) is 87.2 Å². The molecule has 1 atom stereocenters. The number of carbonyl (C=O) groups is 3. The first-order chi connectivity index (χ1) is 11.6. The second-order valence-electron chi connectivity index (χ2n) is 7.55. The van der Waals surface area contributed by atoms with Gasteiger partial charge in [0.2, 0.25) is 5.91 Å². The van der Waals surface area contributed by atoms with Crippen molar-refractivity contribution in [3.05, 3.63) is 0 Å². The molecule has 0 aliphatic carbocycles. The van der Waals surface area contributed by atoms with Crippen molar-refractivity contribution in [2.75, 3.05) is 26.2 Å². The average Bonchev–Trinajstić information content (AvgIpc) is 2.52. The van der Waals surface area contributed by atoms with Crippen LogP contribution in [0.4, 0.5) is 4.79 Å². The maximum Gasteiger partial charge on any atom is 0.410 e. The Bertz CT molecular complexity index is 474. The van der Waals surface area contributed by atoms with Crippen LogP contribution in [0.3, 0.4) is 0 Å². The molecule has 7 heteroatoms. The molecule has 0 aromatic rings. The van der Waals surface area contributed by atoms with Crippen molar-refractivity contribution in [2.45, 2.75) is 59.5 Å². The zero-order chi connectivity index (χ0) is 19.2. The predicted octanol–water partition coefficient (Wildman–Crippen LogP) is 2.59. The Morgan fingerprint density at radius 1 is 1.16 bits per heavy atom. The van der Waals surface area contributed by atoms with Gasteiger partial charge in [-0.3, -0.25) is 9.59 Å². The number of carbonyl (C=O) groups excluding carboxylic acids is 2. The number of amides is 2. The van der Waals surface area contributed by atoms with Gasteiger partial charge in [0.05, 0.1) is 0 Å². The molecule has 7 nitrogen and oxygen atoms in total. The summed E-state index contributed by atoms with van der Waals surface area (Å²) in [7, 11) is 0. The summed E-state index contributed by atoms with van der Waals surface area (Å²) in [6.45, 7) is 11.3. The van der Waals surface area contributed by atoms with Crippen LogP contribution in [0.1, 0.15) is 53.9 Å². The van der Waals surface area contributed by atoms with Crippen molar-refractivity contribution in [2.24, 2.45) is 11.8 Å². The van der Waals surface area contributed by atoms with Gasteiger partial charge in [0.1, 0.15) is 11.5 Å². The Morgan fingerprint density at radius 3 is 2.08 bits per heavy atom. The minimum absolute atomic E-state index is 0.124. The average molecular weight is 356 g/mol. The molecule has 1 N–H and O–H groups in total. The molecule has 1 aliphatic rings. The van der Waals surface area contributed by atoms with E-state index in [0.29, 0.717) is 45.4 Å². The molecule has 0 aromatic carbocycles. The lowest BCUT2D eigenvalue weighted by atomic mass is 9.86. The Hall–Kier alpha value is -1.79. The molecule has 0 aromatic heterocycles. The minimum Gasteiger partial charge on any atom is -0.481 e. The summed E-state index contributed by atoms with van der Waals surface area (Å²) in [4.78, 5) is 39.3. The van der Waals surface area contributed by atoms with E-state index in [2.05, 4.69) is 0 Å². The number of aliphatic carboxylic acids is 1. The molecule has 0 bridgehead atoms. The molecule has 0 radical (unpaired) electrons. The lowest BCUT2D eigenvalue weighted by Gasteiger charge is -2.34. The number of hydrogen-bond donors (Lipinski definition) is 1. The number of carboxylic acids is 1. The largest absolute Gasteiger partial charge is 0.481 e. The molecular weight excluding hydrogens is 324 g/mol. The Balaban J connectivity index is 2.59. The Kier molecular flexibility index (Phi) is 7.70. The number of nitrogens with zero attached hydrogens (tertiary/aromatic N) is 2. The van der Waals surface area contributed by atoms with Crippen molar-refractivity contribution >= 4 is 18.0 Å². The first-order valence-corrected chi connectivity index (χ1v) is 9.08. The fourth-order valence-corrected chi connectivity index (χ4v) is 3.07. The van der Waals surface area contributed by atoms with Gasteiger partial charge in [-0.25, -0.2) is 4.79 Å². The van der Waals surface area contributed by atoms with Gasteiger partial charge < -0.3 is 19.6 Å². The minimum atomic E-state index is -1.06. The fourth-order valence-electron chi connectivity index (χ4n) is 3.07. The van der Waals surface area contributed by atoms with Crippen LogP contribution in [0.2, 0.25) is 0 Å². The van der Waals surface area contributed by atoms with Crippen molar-refractivity contribution in [3.63, 3.8) is 0 Å². The van der Waals surface area contributed by atoms with E-state index < -0.39 is 17.5 Å². The molecule has 1 unspecified atom stereocenters. The maximum absolute atomic E-state index is 12.4. The normalized spacial score (nSPS) is 17.1. The van der Waals surface area contributed by atoms with Gasteiger partial charge in [0, 0.05) is 26.2 Å². The molecule has 25 heavy (non-hydrogen) atoms. The SMILES string of the molecule is CCN(CC)C(=O)C(CC1CCN(C(=O)OC(C)(C)C)CC1)C(=O)O. The lowest BCUT2D eigenvalue weighted by molar-refractivity contribution is -0.152. The van der Waals surface area contributed by atoms with Gasteiger partial charge >= 0.3 is 12.1 Å². The van der Waals surface area contributed by atoms with Gasteiger partial charge in [0.25, 0.3) is 0 Å². The molecular formula is C18H32N2O5. The number of ether oxygens (including phenoxy) is 1. The van der Waals surface area contributed by atoms with Crippen LogP contribution in [0.15, 0.2) is 0 Å². The van der Waals surface area contributed by atoms with E-state index >= 15 is 0 Å². The van der Waals surface area contributed by atoms with Crippen molar-refractivity contribution in [1.82, 2.24) is 9.80 Å². The van der Waals surface area contributed by atoms with Crippen LogP contribution < -0.4 is 0 Å². The van der Waals surface area contributed by atoms with E-state index in [-0.39, 0.29) is 17.9 Å². The van der Waals surface area contributed by atoms with Crippen LogP contribution in [-0.2, 0) is 14.3 Å². The van der Waals surface area contributed by atoms with Crippen LogP contribution in [-0.4, -0.2) is 64.7 Å². The summed E-state index contributed by atoms with van der Waals surface area (Å²) in [6, 6.07) is 0. The molecule has 144 valence electrons. The number of likely N-dealkylation sites (tertiary alicyclic amines) is 1. The second kappa shape index (κ2) is 9.06. The monoisotopic (exact) mass is 356 g/mol. The van der Waals surface area contributed by atoms with E-state index in [1.54, 1.807) is 9.80 Å². The number of piperidine rings is 1. The van der Waals surface area contributed by atoms with E-state index in [1.165, 1.54) is 0 Å². The first-order valence-electron chi connectivity index (χ1n) is 9.08. The van der Waals surface area contributed by atoms with Crippen molar-refractivity contribution in [1.29, 1.82) is 0 Å². The van der Waals surface area contributed by atoms with E-state index in [1.807, 2.05) is 34.6 Å². The molecule has 1 heterocycles. The summed E-state index contributed by atoms with van der Waals surface area (Å²) in [6.07, 6.45) is 1.37. The first kappa shape index (κ1) is 21.3. The molecule has 1 saturated heterocycles. The molecule has 1 aliphatic heterocycles. The van der Waals surface area contributed by atoms with Crippen LogP contribution >= 0.6 is 0 Å². The zero-order valence-electron chi connectivity index (χ0n) is 16.1. The number of rotatable bonds is 6. The van der Waals surface area contributed by atoms with Crippen LogP contribution in [0.25, 0.3) is 0 Å². The summed E-state index contributed by atoms with van der Waals surface area (Å²) < 4.78 is 5.36. The smallest absolute Gasteiger partial charge is 0.410 e. The van der Waals surface area contributed by atoms with Crippen molar-refractivity contribution in [3.8, 4) is 0 Å². The Morgan fingerprint density at radius 2 is 1.68 bits per heavy atom. The molecule has 2 amide bonds. The van der Waals surface area contributed by atoms with Gasteiger partial charge in [-0.05, 0) is 59.8 Å². The van der Waals surface area contributed by atoms with E-state index in [0.717, 1.165) is 0 Å². The third-order valence-electron chi connectivity index (χ3n) is 4.51. The van der Waals surface area contributed by atoms with Crippen molar-refractivity contribution < 1.29 is 24.2 Å². The third-order valence-corrected chi connectivity index (χ3v) is 4.51. The summed E-state index contributed by atoms with van der Waals surface area (Å²) >= 11 is 0.